The zero-order valence-corrected chi connectivity index (χ0v) is 5.26. The molecule has 1 aliphatic rings. The molecule has 9 heavy (non-hydrogen) atoms. The van der Waals surface area contributed by atoms with Crippen LogP contribution in [0.3, 0.4) is 0 Å². The van der Waals surface area contributed by atoms with E-state index in [9.17, 15) is 4.79 Å². The lowest BCUT2D eigenvalue weighted by Crippen LogP contribution is -2.31. The predicted octanol–water partition coefficient (Wildman–Crippen LogP) is -0.313. The van der Waals surface area contributed by atoms with Crippen LogP contribution in [0.2, 0.25) is 0 Å². The monoisotopic (exact) mass is 127 g/mol. The first kappa shape index (κ1) is 6.29. The summed E-state index contributed by atoms with van der Waals surface area (Å²) in [5.41, 5.74) is 0. The Bertz CT molecular complexity index is 142. The lowest BCUT2D eigenvalue weighted by molar-refractivity contribution is -0.141. The number of hydrogen-bond donors (Lipinski definition) is 1. The lowest BCUT2D eigenvalue weighted by atomic mass is 10.3. The number of rotatable bonds is 1. The minimum atomic E-state index is -0.219. The van der Waals surface area contributed by atoms with Crippen LogP contribution in [0.1, 0.15) is 0 Å². The molecule has 0 aromatic carbocycles. The Hall–Kier alpha value is -0.830. The van der Waals surface area contributed by atoms with Gasteiger partial charge >= 0.3 is 5.97 Å². The van der Waals surface area contributed by atoms with Crippen LogP contribution in [0.15, 0.2) is 12.2 Å². The highest BCUT2D eigenvalue weighted by molar-refractivity contribution is 5.78. The average Bonchev–Trinajstić information content (AvgIpc) is 2.37. The van der Waals surface area contributed by atoms with Crippen molar-refractivity contribution in [1.29, 1.82) is 0 Å². The van der Waals surface area contributed by atoms with Crippen LogP contribution in [-0.4, -0.2) is 25.7 Å². The first-order chi connectivity index (χ1) is 4.34. The predicted molar refractivity (Wildman–Crippen MR) is 32.9 cm³/mol. The maximum absolute atomic E-state index is 10.7. The van der Waals surface area contributed by atoms with E-state index < -0.39 is 0 Å². The van der Waals surface area contributed by atoms with Crippen molar-refractivity contribution < 1.29 is 9.53 Å². The van der Waals surface area contributed by atoms with E-state index in [2.05, 4.69) is 10.1 Å². The van der Waals surface area contributed by atoms with Crippen molar-refractivity contribution in [2.75, 3.05) is 13.7 Å². The van der Waals surface area contributed by atoms with E-state index in [0.29, 0.717) is 0 Å². The number of esters is 1. The van der Waals surface area contributed by atoms with Crippen molar-refractivity contribution in [2.45, 2.75) is 6.04 Å². The first-order valence-electron chi connectivity index (χ1n) is 2.82. The van der Waals surface area contributed by atoms with Gasteiger partial charge in [0.2, 0.25) is 0 Å². The van der Waals surface area contributed by atoms with E-state index in [-0.39, 0.29) is 12.0 Å². The zero-order chi connectivity index (χ0) is 6.69. The van der Waals surface area contributed by atoms with Gasteiger partial charge in [0.05, 0.1) is 7.11 Å². The summed E-state index contributed by atoms with van der Waals surface area (Å²) >= 11 is 0. The molecule has 0 radical (unpaired) electrons. The van der Waals surface area contributed by atoms with E-state index in [1.165, 1.54) is 7.11 Å². The van der Waals surface area contributed by atoms with Gasteiger partial charge in [0.25, 0.3) is 0 Å². The van der Waals surface area contributed by atoms with Crippen molar-refractivity contribution in [1.82, 2.24) is 5.32 Å². The Kier molecular flexibility index (Phi) is 1.85. The molecule has 0 amide bonds. The minimum Gasteiger partial charge on any atom is -0.468 e. The maximum Gasteiger partial charge on any atom is 0.326 e. The van der Waals surface area contributed by atoms with Gasteiger partial charge in [0.1, 0.15) is 6.04 Å². The molecular weight excluding hydrogens is 118 g/mol. The number of ether oxygens (including phenoxy) is 1. The van der Waals surface area contributed by atoms with E-state index in [1.807, 2.05) is 6.08 Å². The molecule has 1 atom stereocenters. The van der Waals surface area contributed by atoms with Gasteiger partial charge in [-0.2, -0.15) is 0 Å². The van der Waals surface area contributed by atoms with Gasteiger partial charge in [-0.1, -0.05) is 12.2 Å². The molecule has 0 bridgehead atoms. The van der Waals surface area contributed by atoms with Gasteiger partial charge in [0, 0.05) is 6.54 Å². The summed E-state index contributed by atoms with van der Waals surface area (Å²) in [6.07, 6.45) is 3.70. The summed E-state index contributed by atoms with van der Waals surface area (Å²) < 4.78 is 4.48. The number of nitrogens with one attached hydrogen (secondary N) is 1. The highest BCUT2D eigenvalue weighted by Crippen LogP contribution is 1.95. The average molecular weight is 127 g/mol. The quantitative estimate of drug-likeness (QED) is 0.388. The molecule has 0 aromatic heterocycles. The third kappa shape index (κ3) is 1.29. The molecule has 0 saturated heterocycles. The van der Waals surface area contributed by atoms with Crippen LogP contribution >= 0.6 is 0 Å². The molecule has 1 aliphatic heterocycles. The molecule has 1 N–H and O–H groups in total. The molecule has 0 saturated carbocycles. The highest BCUT2D eigenvalue weighted by Gasteiger charge is 2.16. The van der Waals surface area contributed by atoms with E-state index in [4.69, 9.17) is 0 Å². The van der Waals surface area contributed by atoms with Crippen LogP contribution in [0.5, 0.6) is 0 Å². The molecule has 3 nitrogen and oxygen atoms in total. The molecule has 50 valence electrons. The molecule has 0 fully saturated rings. The topological polar surface area (TPSA) is 38.3 Å². The van der Waals surface area contributed by atoms with E-state index in [0.717, 1.165) is 6.54 Å². The van der Waals surface area contributed by atoms with Gasteiger partial charge in [-0.15, -0.1) is 0 Å². The van der Waals surface area contributed by atoms with Gasteiger partial charge in [-0.3, -0.25) is 10.1 Å². The number of carbonyl (C=O) groups excluding carboxylic acids is 1. The second-order valence-corrected chi connectivity index (χ2v) is 1.84. The standard InChI is InChI=1S/C6H9NO2/c1-9-6(8)5-3-2-4-7-5/h2-3,5,7H,4H2,1H3/t5-/m1/s1. The fourth-order valence-electron chi connectivity index (χ4n) is 0.756. The van der Waals surface area contributed by atoms with Gasteiger partial charge in [0.15, 0.2) is 0 Å². The summed E-state index contributed by atoms with van der Waals surface area (Å²) in [6, 6.07) is -0.213. The lowest BCUT2D eigenvalue weighted by Gasteiger charge is -2.04. The smallest absolute Gasteiger partial charge is 0.326 e. The Morgan fingerprint density at radius 3 is 3.11 bits per heavy atom. The molecule has 0 spiro atoms. The molecular formula is C6H9NO2. The number of carbonyl (C=O) groups is 1. The molecule has 1 rings (SSSR count). The normalized spacial score (nSPS) is 24.3. The molecule has 0 aliphatic carbocycles. The number of hydrogen-bond acceptors (Lipinski definition) is 3. The van der Waals surface area contributed by atoms with Crippen molar-refractivity contribution in [3.8, 4) is 0 Å². The fourth-order valence-corrected chi connectivity index (χ4v) is 0.756. The van der Waals surface area contributed by atoms with E-state index >= 15 is 0 Å². The molecule has 0 unspecified atom stereocenters. The third-order valence-corrected chi connectivity index (χ3v) is 1.24. The second-order valence-electron chi connectivity index (χ2n) is 1.84. The Balaban J connectivity index is 2.43. The van der Waals surface area contributed by atoms with Gasteiger partial charge in [-0.05, 0) is 0 Å². The highest BCUT2D eigenvalue weighted by atomic mass is 16.5. The summed E-state index contributed by atoms with van der Waals surface area (Å²) in [4.78, 5) is 10.7. The number of methoxy groups -OCH3 is 1. The maximum atomic E-state index is 10.7. The third-order valence-electron chi connectivity index (χ3n) is 1.24. The van der Waals surface area contributed by atoms with Gasteiger partial charge in [-0.25, -0.2) is 0 Å². The van der Waals surface area contributed by atoms with Crippen molar-refractivity contribution >= 4 is 5.97 Å². The fraction of sp³-hybridized carbons (Fsp3) is 0.500. The SMILES string of the molecule is COC(=O)[C@H]1C=CCN1. The van der Waals surface area contributed by atoms with Crippen LogP contribution in [-0.2, 0) is 9.53 Å². The van der Waals surface area contributed by atoms with Crippen LogP contribution < -0.4 is 5.32 Å². The van der Waals surface area contributed by atoms with Crippen molar-refractivity contribution in [2.24, 2.45) is 0 Å². The molecule has 3 heteroatoms. The summed E-state index contributed by atoms with van der Waals surface area (Å²) in [5, 5.41) is 2.92. The largest absolute Gasteiger partial charge is 0.468 e. The van der Waals surface area contributed by atoms with Crippen LogP contribution in [0.25, 0.3) is 0 Å². The second kappa shape index (κ2) is 2.64. The summed E-state index contributed by atoms with van der Waals surface area (Å²) in [5.74, 6) is -0.219. The van der Waals surface area contributed by atoms with Crippen LogP contribution in [0, 0.1) is 0 Å². The van der Waals surface area contributed by atoms with Gasteiger partial charge < -0.3 is 4.74 Å². The van der Waals surface area contributed by atoms with Crippen molar-refractivity contribution in [3.05, 3.63) is 12.2 Å². The Morgan fingerprint density at radius 2 is 2.67 bits per heavy atom. The Morgan fingerprint density at radius 1 is 1.89 bits per heavy atom. The summed E-state index contributed by atoms with van der Waals surface area (Å²) in [7, 11) is 1.39. The molecule has 0 aromatic rings. The first-order valence-corrected chi connectivity index (χ1v) is 2.82. The van der Waals surface area contributed by atoms with Crippen molar-refractivity contribution in [3.63, 3.8) is 0 Å². The molecule has 1 heterocycles. The Labute approximate surface area is 53.7 Å². The van der Waals surface area contributed by atoms with E-state index in [1.54, 1.807) is 6.08 Å². The zero-order valence-electron chi connectivity index (χ0n) is 5.26. The van der Waals surface area contributed by atoms with Crippen LogP contribution in [0.4, 0.5) is 0 Å². The minimum absolute atomic E-state index is 0.213. The summed E-state index contributed by atoms with van der Waals surface area (Å²) in [6.45, 7) is 0.764.